The standard InChI is InChI=1S/C23H29FN2O5S/c1-17-25-23(20-11-7-8-12-21(20)24,16-31-14-18-9-5-4-6-10-18)22(13-19(27)15-30-3)32(28,29)26(17)2/h4-12,19,22,25,27H,1,13-16H2,2-3H3/t19?,22?,23-/m1/s1. The molecule has 1 heterocycles. The number of benzene rings is 2. The Morgan fingerprint density at radius 1 is 1.22 bits per heavy atom. The Hall–Kier alpha value is -2.46. The summed E-state index contributed by atoms with van der Waals surface area (Å²) < 4.78 is 54.0. The van der Waals surface area contributed by atoms with Crippen LogP contribution in [0, 0.1) is 5.82 Å². The summed E-state index contributed by atoms with van der Waals surface area (Å²) in [5.74, 6) is -0.490. The molecule has 0 aromatic heterocycles. The molecule has 3 rings (SSSR count). The number of ether oxygens (including phenoxy) is 2. The van der Waals surface area contributed by atoms with E-state index in [4.69, 9.17) is 9.47 Å². The van der Waals surface area contributed by atoms with E-state index in [0.29, 0.717) is 0 Å². The second-order valence-corrected chi connectivity index (χ2v) is 9.99. The van der Waals surface area contributed by atoms with E-state index in [0.717, 1.165) is 9.87 Å². The van der Waals surface area contributed by atoms with Crippen LogP contribution in [0.15, 0.2) is 67.0 Å². The molecule has 174 valence electrons. The lowest BCUT2D eigenvalue weighted by molar-refractivity contribution is 0.0240. The first-order valence-electron chi connectivity index (χ1n) is 10.2. The van der Waals surface area contributed by atoms with Crippen LogP contribution in [-0.2, 0) is 31.6 Å². The van der Waals surface area contributed by atoms with E-state index in [-0.39, 0.29) is 37.6 Å². The van der Waals surface area contributed by atoms with Crippen molar-refractivity contribution in [2.45, 2.75) is 29.9 Å². The van der Waals surface area contributed by atoms with Crippen molar-refractivity contribution >= 4 is 10.0 Å². The molecule has 2 N–H and O–H groups in total. The van der Waals surface area contributed by atoms with E-state index in [1.807, 2.05) is 30.3 Å². The topological polar surface area (TPSA) is 88.1 Å². The zero-order valence-electron chi connectivity index (χ0n) is 18.2. The number of rotatable bonds is 9. The second kappa shape index (κ2) is 9.99. The van der Waals surface area contributed by atoms with Gasteiger partial charge in [0.2, 0.25) is 10.0 Å². The third-order valence-electron chi connectivity index (χ3n) is 5.68. The number of nitrogens with one attached hydrogen (secondary N) is 1. The largest absolute Gasteiger partial charge is 0.391 e. The zero-order chi connectivity index (χ0) is 23.4. The second-order valence-electron chi connectivity index (χ2n) is 7.85. The Morgan fingerprint density at radius 3 is 2.53 bits per heavy atom. The molecule has 7 nitrogen and oxygen atoms in total. The Morgan fingerprint density at radius 2 is 1.88 bits per heavy atom. The average molecular weight is 465 g/mol. The van der Waals surface area contributed by atoms with Crippen LogP contribution in [-0.4, -0.2) is 56.6 Å². The molecule has 0 bridgehead atoms. The molecule has 0 aliphatic carbocycles. The number of hydrogen-bond acceptors (Lipinski definition) is 6. The monoisotopic (exact) mass is 464 g/mol. The van der Waals surface area contributed by atoms with Crippen LogP contribution < -0.4 is 5.32 Å². The van der Waals surface area contributed by atoms with Crippen molar-refractivity contribution in [1.29, 1.82) is 0 Å². The van der Waals surface area contributed by atoms with Gasteiger partial charge in [-0.15, -0.1) is 0 Å². The predicted molar refractivity (Wildman–Crippen MR) is 119 cm³/mol. The normalized spacial score (nSPS) is 23.6. The van der Waals surface area contributed by atoms with Gasteiger partial charge in [-0.1, -0.05) is 55.1 Å². The Bertz CT molecular complexity index is 1030. The lowest BCUT2D eigenvalue weighted by Crippen LogP contribution is -2.66. The van der Waals surface area contributed by atoms with Gasteiger partial charge in [-0.25, -0.2) is 12.8 Å². The van der Waals surface area contributed by atoms with Crippen LogP contribution in [0.2, 0.25) is 0 Å². The van der Waals surface area contributed by atoms with E-state index < -0.39 is 32.7 Å². The number of aliphatic hydroxyl groups is 1. The minimum Gasteiger partial charge on any atom is -0.391 e. The van der Waals surface area contributed by atoms with Crippen molar-refractivity contribution in [1.82, 2.24) is 9.62 Å². The van der Waals surface area contributed by atoms with Gasteiger partial charge in [0.05, 0.1) is 25.9 Å². The van der Waals surface area contributed by atoms with Crippen LogP contribution in [0.1, 0.15) is 17.5 Å². The molecule has 3 atom stereocenters. The summed E-state index contributed by atoms with van der Waals surface area (Å²) in [5.41, 5.74) is -0.501. The fraction of sp³-hybridized carbons (Fsp3) is 0.391. The number of aliphatic hydroxyl groups excluding tert-OH is 1. The molecule has 9 heteroatoms. The van der Waals surface area contributed by atoms with Gasteiger partial charge < -0.3 is 19.9 Å². The molecule has 1 aliphatic heterocycles. The molecule has 1 fully saturated rings. The zero-order valence-corrected chi connectivity index (χ0v) is 19.0. The maximum atomic E-state index is 15.1. The summed E-state index contributed by atoms with van der Waals surface area (Å²) >= 11 is 0. The highest BCUT2D eigenvalue weighted by atomic mass is 32.2. The summed E-state index contributed by atoms with van der Waals surface area (Å²) in [5, 5.41) is 12.3. The third kappa shape index (κ3) is 4.80. The molecule has 1 saturated heterocycles. The lowest BCUT2D eigenvalue weighted by atomic mass is 9.83. The first-order valence-corrected chi connectivity index (χ1v) is 11.7. The fourth-order valence-electron chi connectivity index (χ4n) is 4.02. The smallest absolute Gasteiger partial charge is 0.241 e. The summed E-state index contributed by atoms with van der Waals surface area (Å²) in [6.07, 6.45) is -1.27. The van der Waals surface area contributed by atoms with Gasteiger partial charge in [-0.3, -0.25) is 4.31 Å². The van der Waals surface area contributed by atoms with Gasteiger partial charge in [-0.2, -0.15) is 0 Å². The van der Waals surface area contributed by atoms with Crippen LogP contribution in [0.25, 0.3) is 0 Å². The molecule has 0 saturated carbocycles. The Labute approximate surface area is 188 Å². The van der Waals surface area contributed by atoms with Gasteiger partial charge in [0.25, 0.3) is 0 Å². The van der Waals surface area contributed by atoms with Gasteiger partial charge in [-0.05, 0) is 18.1 Å². The highest BCUT2D eigenvalue weighted by Crippen LogP contribution is 2.40. The summed E-state index contributed by atoms with van der Waals surface area (Å²) in [7, 11) is -1.24. The van der Waals surface area contributed by atoms with Crippen molar-refractivity contribution in [2.24, 2.45) is 0 Å². The lowest BCUT2D eigenvalue weighted by Gasteiger charge is -2.49. The highest BCUT2D eigenvalue weighted by Gasteiger charge is 2.55. The number of sulfonamides is 1. The molecule has 0 amide bonds. The molecular weight excluding hydrogens is 435 g/mol. The predicted octanol–water partition coefficient (Wildman–Crippen LogP) is 2.34. The van der Waals surface area contributed by atoms with Gasteiger partial charge in [0.15, 0.2) is 0 Å². The number of nitrogens with zero attached hydrogens (tertiary/aromatic N) is 1. The SMILES string of the molecule is C=C1N[C@](COCc2ccccc2)(c2ccccc2F)C(CC(O)COC)S(=O)(=O)N1C. The van der Waals surface area contributed by atoms with Crippen molar-refractivity contribution in [3.05, 3.63) is 83.9 Å². The summed E-state index contributed by atoms with van der Waals surface area (Å²) in [6, 6.07) is 15.3. The van der Waals surface area contributed by atoms with E-state index in [2.05, 4.69) is 11.9 Å². The molecule has 2 aromatic rings. The number of halogens is 1. The molecule has 32 heavy (non-hydrogen) atoms. The quantitative estimate of drug-likeness (QED) is 0.592. The Balaban J connectivity index is 2.07. The number of methoxy groups -OCH3 is 1. The van der Waals surface area contributed by atoms with E-state index in [9.17, 15) is 13.5 Å². The Kier molecular flexibility index (Phi) is 7.55. The highest BCUT2D eigenvalue weighted by molar-refractivity contribution is 7.90. The summed E-state index contributed by atoms with van der Waals surface area (Å²) in [4.78, 5) is 0. The average Bonchev–Trinajstić information content (AvgIpc) is 2.76. The maximum Gasteiger partial charge on any atom is 0.241 e. The first-order chi connectivity index (χ1) is 15.2. The van der Waals surface area contributed by atoms with Crippen molar-refractivity contribution in [3.63, 3.8) is 0 Å². The van der Waals surface area contributed by atoms with Crippen molar-refractivity contribution in [3.8, 4) is 0 Å². The minimum atomic E-state index is -4.02. The first kappa shape index (κ1) is 24.2. The van der Waals surface area contributed by atoms with Crippen LogP contribution in [0.4, 0.5) is 4.39 Å². The van der Waals surface area contributed by atoms with E-state index in [1.165, 1.54) is 32.4 Å². The summed E-state index contributed by atoms with van der Waals surface area (Å²) in [6.45, 7) is 3.80. The minimum absolute atomic E-state index is 0.0606. The van der Waals surface area contributed by atoms with Crippen molar-refractivity contribution < 1.29 is 27.4 Å². The van der Waals surface area contributed by atoms with Crippen molar-refractivity contribution in [2.75, 3.05) is 27.4 Å². The molecule has 2 unspecified atom stereocenters. The van der Waals surface area contributed by atoms with Crippen LogP contribution >= 0.6 is 0 Å². The van der Waals surface area contributed by atoms with Crippen LogP contribution in [0.5, 0.6) is 0 Å². The molecular formula is C23H29FN2O5S. The van der Waals surface area contributed by atoms with Gasteiger partial charge in [0, 0.05) is 19.7 Å². The van der Waals surface area contributed by atoms with Crippen LogP contribution in [0.3, 0.4) is 0 Å². The molecule has 0 spiro atoms. The van der Waals surface area contributed by atoms with Gasteiger partial charge in [0.1, 0.15) is 22.4 Å². The van der Waals surface area contributed by atoms with E-state index >= 15 is 4.39 Å². The fourth-order valence-corrected chi connectivity index (χ4v) is 5.98. The molecule has 2 aromatic carbocycles. The third-order valence-corrected chi connectivity index (χ3v) is 7.98. The molecule has 1 aliphatic rings. The van der Waals surface area contributed by atoms with Gasteiger partial charge >= 0.3 is 0 Å². The van der Waals surface area contributed by atoms with E-state index in [1.54, 1.807) is 6.07 Å². The maximum absolute atomic E-state index is 15.1. The molecule has 0 radical (unpaired) electrons. The number of hydrogen-bond donors (Lipinski definition) is 2.